The number of hydrogen-bond acceptors (Lipinski definition) is 2. The predicted molar refractivity (Wildman–Crippen MR) is 58.2 cm³/mol. The van der Waals surface area contributed by atoms with Gasteiger partial charge in [0.05, 0.1) is 0 Å². The number of halogens is 1. The van der Waals surface area contributed by atoms with Crippen LogP contribution < -0.4 is 4.74 Å². The van der Waals surface area contributed by atoms with Crippen LogP contribution in [0.3, 0.4) is 0 Å². The summed E-state index contributed by atoms with van der Waals surface area (Å²) in [4.78, 5) is 0. The molecule has 0 aliphatic heterocycles. The van der Waals surface area contributed by atoms with E-state index in [-0.39, 0.29) is 12.1 Å². The zero-order valence-electron chi connectivity index (χ0n) is 9.00. The highest BCUT2D eigenvalue weighted by Crippen LogP contribution is 2.18. The van der Waals surface area contributed by atoms with E-state index in [1.54, 1.807) is 19.1 Å². The van der Waals surface area contributed by atoms with Crippen molar-refractivity contribution in [2.75, 3.05) is 6.61 Å². The Morgan fingerprint density at radius 1 is 1.53 bits per heavy atom. The second kappa shape index (κ2) is 5.51. The summed E-state index contributed by atoms with van der Waals surface area (Å²) in [5, 5.41) is 0. The van der Waals surface area contributed by atoms with Crippen molar-refractivity contribution in [1.29, 1.82) is 0 Å². The van der Waals surface area contributed by atoms with Gasteiger partial charge in [-0.2, -0.15) is 0 Å². The molecule has 1 unspecified atom stereocenters. The van der Waals surface area contributed by atoms with Gasteiger partial charge in [-0.3, -0.25) is 0 Å². The van der Waals surface area contributed by atoms with Gasteiger partial charge in [0.1, 0.15) is 11.6 Å². The summed E-state index contributed by atoms with van der Waals surface area (Å²) in [5.74, 6) is 0.116. The van der Waals surface area contributed by atoms with E-state index >= 15 is 0 Å². The second-order valence-electron chi connectivity index (χ2n) is 3.03. The molecular weight excluding hydrogens is 195 g/mol. The fraction of sp³-hybridized carbons (Fsp3) is 0.333. The quantitative estimate of drug-likeness (QED) is 0.695. The minimum atomic E-state index is -0.371. The van der Waals surface area contributed by atoms with Crippen LogP contribution in [-0.4, -0.2) is 12.9 Å². The lowest BCUT2D eigenvalue weighted by Gasteiger charge is -2.14. The van der Waals surface area contributed by atoms with Gasteiger partial charge in [0.15, 0.2) is 6.29 Å². The number of benzene rings is 1. The Hall–Kier alpha value is -1.35. The van der Waals surface area contributed by atoms with Gasteiger partial charge in [0, 0.05) is 18.2 Å². The van der Waals surface area contributed by atoms with Crippen molar-refractivity contribution in [2.24, 2.45) is 0 Å². The van der Waals surface area contributed by atoms with E-state index in [0.29, 0.717) is 17.9 Å². The molecule has 1 rings (SSSR count). The molecule has 0 aromatic heterocycles. The monoisotopic (exact) mass is 210 g/mol. The number of ether oxygens (including phenoxy) is 2. The summed E-state index contributed by atoms with van der Waals surface area (Å²) >= 11 is 0. The van der Waals surface area contributed by atoms with Crippen molar-refractivity contribution < 1.29 is 13.9 Å². The third-order valence-corrected chi connectivity index (χ3v) is 1.90. The van der Waals surface area contributed by atoms with E-state index in [0.717, 1.165) is 0 Å². The average molecular weight is 210 g/mol. The molecule has 0 aliphatic rings. The first-order chi connectivity index (χ1) is 7.17. The van der Waals surface area contributed by atoms with E-state index in [1.165, 1.54) is 12.1 Å². The highest BCUT2D eigenvalue weighted by atomic mass is 19.1. The van der Waals surface area contributed by atoms with Gasteiger partial charge >= 0.3 is 0 Å². The molecule has 0 bridgehead atoms. The summed E-state index contributed by atoms with van der Waals surface area (Å²) in [6.07, 6.45) is 1.09. The second-order valence-corrected chi connectivity index (χ2v) is 3.03. The van der Waals surface area contributed by atoms with Gasteiger partial charge in [0.2, 0.25) is 0 Å². The van der Waals surface area contributed by atoms with E-state index < -0.39 is 0 Å². The van der Waals surface area contributed by atoms with Crippen LogP contribution in [0.2, 0.25) is 0 Å². The molecule has 2 nitrogen and oxygen atoms in total. The summed E-state index contributed by atoms with van der Waals surface area (Å²) < 4.78 is 23.8. The zero-order valence-corrected chi connectivity index (χ0v) is 9.00. The Balaban J connectivity index is 2.70. The first-order valence-corrected chi connectivity index (χ1v) is 4.87. The standard InChI is InChI=1S/C12H15FO2/c1-4-10-6-7-11(8-12(10)13)15-9(3)14-5-2/h4,6-9H,1,5H2,2-3H3. The third kappa shape index (κ3) is 3.36. The van der Waals surface area contributed by atoms with Crippen LogP contribution in [-0.2, 0) is 4.74 Å². The van der Waals surface area contributed by atoms with E-state index in [4.69, 9.17) is 9.47 Å². The first kappa shape index (κ1) is 11.7. The Morgan fingerprint density at radius 2 is 2.27 bits per heavy atom. The Bertz CT molecular complexity index is 336. The maximum Gasteiger partial charge on any atom is 0.196 e. The van der Waals surface area contributed by atoms with Crippen LogP contribution in [0, 0.1) is 5.82 Å². The summed E-state index contributed by atoms with van der Waals surface area (Å²) in [6, 6.07) is 4.64. The van der Waals surface area contributed by atoms with Crippen molar-refractivity contribution in [3.05, 3.63) is 36.2 Å². The van der Waals surface area contributed by atoms with Crippen molar-refractivity contribution in [3.63, 3.8) is 0 Å². The van der Waals surface area contributed by atoms with Crippen molar-refractivity contribution >= 4 is 6.08 Å². The lowest BCUT2D eigenvalue weighted by Crippen LogP contribution is -2.15. The molecule has 1 aromatic carbocycles. The highest BCUT2D eigenvalue weighted by Gasteiger charge is 2.05. The maximum absolute atomic E-state index is 13.3. The molecule has 0 heterocycles. The molecule has 0 N–H and O–H groups in total. The summed E-state index contributed by atoms with van der Waals surface area (Å²) in [6.45, 7) is 7.71. The van der Waals surface area contributed by atoms with Gasteiger partial charge in [-0.25, -0.2) is 4.39 Å². The van der Waals surface area contributed by atoms with E-state index in [2.05, 4.69) is 6.58 Å². The molecule has 0 amide bonds. The lowest BCUT2D eigenvalue weighted by atomic mass is 10.2. The van der Waals surface area contributed by atoms with Crippen LogP contribution in [0.4, 0.5) is 4.39 Å². The molecule has 15 heavy (non-hydrogen) atoms. The smallest absolute Gasteiger partial charge is 0.196 e. The third-order valence-electron chi connectivity index (χ3n) is 1.90. The highest BCUT2D eigenvalue weighted by molar-refractivity contribution is 5.49. The van der Waals surface area contributed by atoms with Gasteiger partial charge in [0.25, 0.3) is 0 Å². The minimum Gasteiger partial charge on any atom is -0.465 e. The van der Waals surface area contributed by atoms with Crippen LogP contribution in [0.25, 0.3) is 6.08 Å². The molecule has 0 spiro atoms. The molecule has 1 atom stereocenters. The molecule has 82 valence electrons. The lowest BCUT2D eigenvalue weighted by molar-refractivity contribution is -0.0614. The molecule has 3 heteroatoms. The molecule has 1 aromatic rings. The first-order valence-electron chi connectivity index (χ1n) is 4.87. The molecule has 0 radical (unpaired) electrons. The number of hydrogen-bond donors (Lipinski definition) is 0. The van der Waals surface area contributed by atoms with Crippen LogP contribution in [0.15, 0.2) is 24.8 Å². The van der Waals surface area contributed by atoms with Gasteiger partial charge in [-0.05, 0) is 26.0 Å². The SMILES string of the molecule is C=Cc1ccc(OC(C)OCC)cc1F. The largest absolute Gasteiger partial charge is 0.465 e. The Kier molecular flexibility index (Phi) is 4.31. The summed E-state index contributed by atoms with van der Waals surface area (Å²) in [5.41, 5.74) is 0.464. The number of rotatable bonds is 5. The van der Waals surface area contributed by atoms with Gasteiger partial charge in [-0.1, -0.05) is 12.7 Å². The van der Waals surface area contributed by atoms with Gasteiger partial charge in [-0.15, -0.1) is 0 Å². The predicted octanol–water partition coefficient (Wildman–Crippen LogP) is 3.23. The van der Waals surface area contributed by atoms with E-state index in [1.807, 2.05) is 6.92 Å². The molecule has 0 fully saturated rings. The topological polar surface area (TPSA) is 18.5 Å². The van der Waals surface area contributed by atoms with Crippen LogP contribution in [0.1, 0.15) is 19.4 Å². The van der Waals surface area contributed by atoms with E-state index in [9.17, 15) is 4.39 Å². The van der Waals surface area contributed by atoms with Gasteiger partial charge < -0.3 is 9.47 Å². The average Bonchev–Trinajstić information content (AvgIpc) is 2.18. The molecule has 0 saturated heterocycles. The van der Waals surface area contributed by atoms with Crippen molar-refractivity contribution in [2.45, 2.75) is 20.1 Å². The Morgan fingerprint density at radius 3 is 2.80 bits per heavy atom. The van der Waals surface area contributed by atoms with Crippen molar-refractivity contribution in [3.8, 4) is 5.75 Å². The molecule has 0 saturated carbocycles. The fourth-order valence-electron chi connectivity index (χ4n) is 1.21. The zero-order chi connectivity index (χ0) is 11.3. The van der Waals surface area contributed by atoms with Crippen LogP contribution >= 0.6 is 0 Å². The van der Waals surface area contributed by atoms with Crippen LogP contribution in [0.5, 0.6) is 5.75 Å². The summed E-state index contributed by atoms with van der Waals surface area (Å²) in [7, 11) is 0. The van der Waals surface area contributed by atoms with Crippen molar-refractivity contribution in [1.82, 2.24) is 0 Å². The maximum atomic E-state index is 13.3. The fourth-order valence-corrected chi connectivity index (χ4v) is 1.21. The Labute approximate surface area is 89.3 Å². The normalized spacial score (nSPS) is 12.2. The molecular formula is C12H15FO2. The minimum absolute atomic E-state index is 0.341. The molecule has 0 aliphatic carbocycles.